The average molecular weight is 248 g/mol. The lowest BCUT2D eigenvalue weighted by atomic mass is 10.1. The first-order valence-corrected chi connectivity index (χ1v) is 6.05. The van der Waals surface area contributed by atoms with Gasteiger partial charge in [-0.2, -0.15) is 0 Å². The second-order valence-corrected chi connectivity index (χ2v) is 4.92. The first kappa shape index (κ1) is 12.6. The van der Waals surface area contributed by atoms with Crippen molar-refractivity contribution in [2.75, 3.05) is 6.54 Å². The third kappa shape index (κ3) is 2.37. The fourth-order valence-electron chi connectivity index (χ4n) is 1.92. The third-order valence-electron chi connectivity index (χ3n) is 2.92. The molecule has 0 spiro atoms. The molecule has 96 valence electrons. The molecule has 1 heterocycles. The van der Waals surface area contributed by atoms with Gasteiger partial charge in [-0.05, 0) is 36.6 Å². The maximum absolute atomic E-state index is 13.1. The summed E-state index contributed by atoms with van der Waals surface area (Å²) in [6.07, 6.45) is 0. The number of rotatable bonds is 3. The minimum absolute atomic E-state index is 0.141. The quantitative estimate of drug-likeness (QED) is 0.861. The standard InChI is InChI=1S/C14H17FN2O/c1-8(2)7-16-14(18)13-9(3)11-5-4-10(15)6-12(11)17-13/h4-6,8,17H,7H2,1-3H3,(H,16,18). The number of hydrogen-bond acceptors (Lipinski definition) is 1. The van der Waals surface area contributed by atoms with Crippen LogP contribution in [-0.4, -0.2) is 17.4 Å². The number of H-pyrrole nitrogens is 1. The minimum atomic E-state index is -0.308. The predicted octanol–water partition coefficient (Wildman–Crippen LogP) is 3.00. The zero-order valence-corrected chi connectivity index (χ0v) is 10.8. The van der Waals surface area contributed by atoms with E-state index in [1.165, 1.54) is 12.1 Å². The van der Waals surface area contributed by atoms with E-state index in [1.807, 2.05) is 20.8 Å². The van der Waals surface area contributed by atoms with Crippen molar-refractivity contribution in [1.29, 1.82) is 0 Å². The van der Waals surface area contributed by atoms with Gasteiger partial charge in [-0.3, -0.25) is 4.79 Å². The van der Waals surface area contributed by atoms with E-state index in [4.69, 9.17) is 0 Å². The molecule has 0 bridgehead atoms. The highest BCUT2D eigenvalue weighted by atomic mass is 19.1. The number of nitrogens with one attached hydrogen (secondary N) is 2. The largest absolute Gasteiger partial charge is 0.351 e. The molecular formula is C14H17FN2O. The SMILES string of the molecule is Cc1c(C(=O)NCC(C)C)[nH]c2cc(F)ccc12. The number of halogens is 1. The summed E-state index contributed by atoms with van der Waals surface area (Å²) in [5.41, 5.74) is 2.02. The Morgan fingerprint density at radius 2 is 2.17 bits per heavy atom. The van der Waals surface area contributed by atoms with Crippen LogP contribution in [0.5, 0.6) is 0 Å². The van der Waals surface area contributed by atoms with E-state index < -0.39 is 0 Å². The number of aryl methyl sites for hydroxylation is 1. The summed E-state index contributed by atoms with van der Waals surface area (Å²) in [5.74, 6) is -0.0493. The second kappa shape index (κ2) is 4.80. The molecule has 1 amide bonds. The Labute approximate surface area is 105 Å². The van der Waals surface area contributed by atoms with Gasteiger partial charge in [0.15, 0.2) is 0 Å². The van der Waals surface area contributed by atoms with E-state index in [9.17, 15) is 9.18 Å². The molecule has 2 rings (SSSR count). The van der Waals surface area contributed by atoms with Crippen LogP contribution in [0.4, 0.5) is 4.39 Å². The number of hydrogen-bond donors (Lipinski definition) is 2. The summed E-state index contributed by atoms with van der Waals surface area (Å²) in [5, 5.41) is 3.73. The van der Waals surface area contributed by atoms with Gasteiger partial charge >= 0.3 is 0 Å². The van der Waals surface area contributed by atoms with Crippen LogP contribution in [0.25, 0.3) is 10.9 Å². The number of carbonyl (C=O) groups excluding carboxylic acids is 1. The van der Waals surface area contributed by atoms with Crippen molar-refractivity contribution in [2.45, 2.75) is 20.8 Å². The van der Waals surface area contributed by atoms with Gasteiger partial charge in [0.1, 0.15) is 11.5 Å². The smallest absolute Gasteiger partial charge is 0.268 e. The molecule has 4 heteroatoms. The van der Waals surface area contributed by atoms with Crippen molar-refractivity contribution < 1.29 is 9.18 Å². The monoisotopic (exact) mass is 248 g/mol. The zero-order chi connectivity index (χ0) is 13.3. The van der Waals surface area contributed by atoms with Crippen molar-refractivity contribution in [2.24, 2.45) is 5.92 Å². The fourth-order valence-corrected chi connectivity index (χ4v) is 1.92. The normalized spacial score (nSPS) is 11.2. The molecule has 1 aromatic heterocycles. The highest BCUT2D eigenvalue weighted by Gasteiger charge is 2.14. The lowest BCUT2D eigenvalue weighted by molar-refractivity contribution is 0.0944. The summed E-state index contributed by atoms with van der Waals surface area (Å²) in [6.45, 7) is 6.56. The van der Waals surface area contributed by atoms with Crippen molar-refractivity contribution >= 4 is 16.8 Å². The Morgan fingerprint density at radius 3 is 2.83 bits per heavy atom. The van der Waals surface area contributed by atoms with Gasteiger partial charge in [-0.1, -0.05) is 13.8 Å². The van der Waals surface area contributed by atoms with Crippen LogP contribution in [0.1, 0.15) is 29.9 Å². The molecule has 0 atom stereocenters. The van der Waals surface area contributed by atoms with E-state index in [-0.39, 0.29) is 11.7 Å². The van der Waals surface area contributed by atoms with Crippen molar-refractivity contribution in [3.8, 4) is 0 Å². The van der Waals surface area contributed by atoms with Crippen LogP contribution in [0, 0.1) is 18.7 Å². The maximum atomic E-state index is 13.1. The van der Waals surface area contributed by atoms with Crippen molar-refractivity contribution in [3.05, 3.63) is 35.3 Å². The van der Waals surface area contributed by atoms with Gasteiger partial charge in [-0.25, -0.2) is 4.39 Å². The Morgan fingerprint density at radius 1 is 1.44 bits per heavy atom. The van der Waals surface area contributed by atoms with E-state index in [1.54, 1.807) is 6.07 Å². The molecule has 0 aliphatic heterocycles. The van der Waals surface area contributed by atoms with Gasteiger partial charge < -0.3 is 10.3 Å². The lowest BCUT2D eigenvalue weighted by Crippen LogP contribution is -2.28. The summed E-state index contributed by atoms with van der Waals surface area (Å²) in [6, 6.07) is 4.50. The molecule has 2 aromatic rings. The van der Waals surface area contributed by atoms with Gasteiger partial charge in [-0.15, -0.1) is 0 Å². The van der Waals surface area contributed by atoms with Crippen LogP contribution in [0.3, 0.4) is 0 Å². The average Bonchev–Trinajstić information content (AvgIpc) is 2.63. The van der Waals surface area contributed by atoms with E-state index in [2.05, 4.69) is 10.3 Å². The van der Waals surface area contributed by atoms with Gasteiger partial charge in [0.25, 0.3) is 5.91 Å². The molecule has 0 saturated carbocycles. The highest BCUT2D eigenvalue weighted by molar-refractivity contribution is 6.00. The first-order chi connectivity index (χ1) is 8.49. The number of benzene rings is 1. The molecule has 1 aromatic carbocycles. The lowest BCUT2D eigenvalue weighted by Gasteiger charge is -2.06. The van der Waals surface area contributed by atoms with E-state index in [0.717, 1.165) is 10.9 Å². The molecule has 0 fully saturated rings. The second-order valence-electron chi connectivity index (χ2n) is 4.92. The maximum Gasteiger partial charge on any atom is 0.268 e. The zero-order valence-electron chi connectivity index (χ0n) is 10.8. The predicted molar refractivity (Wildman–Crippen MR) is 70.2 cm³/mol. The summed E-state index contributed by atoms with van der Waals surface area (Å²) < 4.78 is 13.1. The molecule has 2 N–H and O–H groups in total. The Balaban J connectivity index is 2.33. The minimum Gasteiger partial charge on any atom is -0.351 e. The first-order valence-electron chi connectivity index (χ1n) is 6.05. The fraction of sp³-hybridized carbons (Fsp3) is 0.357. The van der Waals surface area contributed by atoms with Crippen LogP contribution in [0.15, 0.2) is 18.2 Å². The van der Waals surface area contributed by atoms with Crippen LogP contribution < -0.4 is 5.32 Å². The number of fused-ring (bicyclic) bond motifs is 1. The summed E-state index contributed by atoms with van der Waals surface area (Å²) in [4.78, 5) is 15.0. The van der Waals surface area contributed by atoms with Crippen molar-refractivity contribution in [3.63, 3.8) is 0 Å². The highest BCUT2D eigenvalue weighted by Crippen LogP contribution is 2.22. The van der Waals surface area contributed by atoms with E-state index in [0.29, 0.717) is 23.7 Å². The molecule has 0 unspecified atom stereocenters. The van der Waals surface area contributed by atoms with Gasteiger partial charge in [0.2, 0.25) is 0 Å². The number of carbonyl (C=O) groups is 1. The topological polar surface area (TPSA) is 44.9 Å². The van der Waals surface area contributed by atoms with Crippen LogP contribution in [0.2, 0.25) is 0 Å². The molecule has 0 aliphatic rings. The molecule has 18 heavy (non-hydrogen) atoms. The van der Waals surface area contributed by atoms with Crippen molar-refractivity contribution in [1.82, 2.24) is 10.3 Å². The third-order valence-corrected chi connectivity index (χ3v) is 2.92. The summed E-state index contributed by atoms with van der Waals surface area (Å²) in [7, 11) is 0. The molecule has 0 radical (unpaired) electrons. The molecule has 3 nitrogen and oxygen atoms in total. The van der Waals surface area contributed by atoms with Gasteiger partial charge in [0, 0.05) is 17.4 Å². The number of aromatic nitrogens is 1. The molecule has 0 saturated heterocycles. The van der Waals surface area contributed by atoms with Crippen LogP contribution in [-0.2, 0) is 0 Å². The molecule has 0 aliphatic carbocycles. The molecular weight excluding hydrogens is 231 g/mol. The number of amides is 1. The Bertz CT molecular complexity index is 587. The summed E-state index contributed by atoms with van der Waals surface area (Å²) >= 11 is 0. The Hall–Kier alpha value is -1.84. The van der Waals surface area contributed by atoms with E-state index >= 15 is 0 Å². The van der Waals surface area contributed by atoms with Gasteiger partial charge in [0.05, 0.1) is 0 Å². The Kier molecular flexibility index (Phi) is 3.36. The van der Waals surface area contributed by atoms with Crippen LogP contribution >= 0.6 is 0 Å². The number of aromatic amines is 1.